The third-order valence-corrected chi connectivity index (χ3v) is 4.35. The topological polar surface area (TPSA) is 68.6 Å². The van der Waals surface area contributed by atoms with Crippen LogP contribution in [-0.2, 0) is 21.6 Å². The molecule has 2 aromatic rings. The molecule has 0 fully saturated rings. The lowest BCUT2D eigenvalue weighted by Crippen LogP contribution is -2.10. The second-order valence-corrected chi connectivity index (χ2v) is 7.52. The number of hydrogen-bond acceptors (Lipinski definition) is 5. The highest BCUT2D eigenvalue weighted by Crippen LogP contribution is 2.26. The summed E-state index contributed by atoms with van der Waals surface area (Å²) in [6.45, 7) is 8.70. The normalized spacial score (nSPS) is 11.5. The second kappa shape index (κ2) is 9.79. The standard InChI is InChI=1S/C24H27NO4/c1-6-28-23(26)18(15-25)13-17-7-12-22(27-5)19(14-17)16-29-21-10-8-20(9-11-21)24(2,3)4/h7-14H,6,16H2,1-5H3/b18-13-. The minimum absolute atomic E-state index is 0.0540. The Balaban J connectivity index is 2.21. The summed E-state index contributed by atoms with van der Waals surface area (Å²) in [7, 11) is 1.59. The van der Waals surface area contributed by atoms with Crippen LogP contribution >= 0.6 is 0 Å². The van der Waals surface area contributed by atoms with E-state index in [1.807, 2.05) is 24.3 Å². The fraction of sp³-hybridized carbons (Fsp3) is 0.333. The fourth-order valence-electron chi connectivity index (χ4n) is 2.73. The lowest BCUT2D eigenvalue weighted by atomic mass is 9.87. The van der Waals surface area contributed by atoms with Gasteiger partial charge < -0.3 is 14.2 Å². The molecule has 5 heteroatoms. The summed E-state index contributed by atoms with van der Waals surface area (Å²) in [5.41, 5.74) is 2.76. The van der Waals surface area contributed by atoms with Crippen LogP contribution in [0.5, 0.6) is 11.5 Å². The van der Waals surface area contributed by atoms with E-state index in [0.29, 0.717) is 17.9 Å². The highest BCUT2D eigenvalue weighted by Gasteiger charge is 2.14. The van der Waals surface area contributed by atoms with Crippen molar-refractivity contribution in [3.8, 4) is 17.6 Å². The van der Waals surface area contributed by atoms with Crippen molar-refractivity contribution in [2.45, 2.75) is 39.7 Å². The minimum Gasteiger partial charge on any atom is -0.496 e. The molecule has 0 unspecified atom stereocenters. The van der Waals surface area contributed by atoms with Crippen molar-refractivity contribution in [1.82, 2.24) is 0 Å². The molecule has 0 radical (unpaired) electrons. The summed E-state index contributed by atoms with van der Waals surface area (Å²) in [6.07, 6.45) is 1.50. The van der Waals surface area contributed by atoms with Crippen molar-refractivity contribution in [1.29, 1.82) is 5.26 Å². The quantitative estimate of drug-likeness (QED) is 0.374. The zero-order valence-electron chi connectivity index (χ0n) is 17.6. The summed E-state index contributed by atoms with van der Waals surface area (Å²) in [5, 5.41) is 9.22. The van der Waals surface area contributed by atoms with Gasteiger partial charge in [0.15, 0.2) is 0 Å². The van der Waals surface area contributed by atoms with E-state index in [1.54, 1.807) is 26.2 Å². The molecule has 0 amide bonds. The molecule has 2 rings (SSSR count). The first-order valence-electron chi connectivity index (χ1n) is 9.47. The van der Waals surface area contributed by atoms with Gasteiger partial charge in [-0.15, -0.1) is 0 Å². The van der Waals surface area contributed by atoms with Crippen molar-refractivity contribution in [3.63, 3.8) is 0 Å². The van der Waals surface area contributed by atoms with Crippen LogP contribution in [0.2, 0.25) is 0 Å². The molecule has 0 saturated carbocycles. The number of rotatable bonds is 7. The molecule has 0 aliphatic carbocycles. The summed E-state index contributed by atoms with van der Waals surface area (Å²) < 4.78 is 16.2. The summed E-state index contributed by atoms with van der Waals surface area (Å²) in [6, 6.07) is 15.3. The maximum absolute atomic E-state index is 11.8. The lowest BCUT2D eigenvalue weighted by Gasteiger charge is -2.19. The van der Waals surface area contributed by atoms with Gasteiger partial charge >= 0.3 is 5.97 Å². The molecule has 0 spiro atoms. The smallest absolute Gasteiger partial charge is 0.348 e. The highest BCUT2D eigenvalue weighted by atomic mass is 16.5. The molecule has 0 saturated heterocycles. The van der Waals surface area contributed by atoms with E-state index in [-0.39, 0.29) is 17.6 Å². The molecule has 5 nitrogen and oxygen atoms in total. The Bertz CT molecular complexity index is 915. The van der Waals surface area contributed by atoms with E-state index >= 15 is 0 Å². The number of carbonyl (C=O) groups is 1. The SMILES string of the molecule is CCOC(=O)/C(C#N)=C\c1ccc(OC)c(COc2ccc(C(C)(C)C)cc2)c1. The van der Waals surface area contributed by atoms with Crippen LogP contribution in [0, 0.1) is 11.3 Å². The number of nitrogens with zero attached hydrogens (tertiary/aromatic N) is 1. The molecule has 0 aliphatic heterocycles. The number of hydrogen-bond donors (Lipinski definition) is 0. The lowest BCUT2D eigenvalue weighted by molar-refractivity contribution is -0.137. The molecule has 0 atom stereocenters. The molecule has 0 heterocycles. The van der Waals surface area contributed by atoms with Crippen LogP contribution in [0.1, 0.15) is 44.4 Å². The average Bonchev–Trinajstić information content (AvgIpc) is 2.70. The molecule has 152 valence electrons. The van der Waals surface area contributed by atoms with E-state index in [0.717, 1.165) is 11.3 Å². The summed E-state index contributed by atoms with van der Waals surface area (Å²) >= 11 is 0. The van der Waals surface area contributed by atoms with Gasteiger partial charge in [0.2, 0.25) is 0 Å². The number of ether oxygens (including phenoxy) is 3. The van der Waals surface area contributed by atoms with E-state index in [9.17, 15) is 10.1 Å². The number of methoxy groups -OCH3 is 1. The van der Waals surface area contributed by atoms with E-state index in [1.165, 1.54) is 11.6 Å². The van der Waals surface area contributed by atoms with Crippen LogP contribution in [-0.4, -0.2) is 19.7 Å². The van der Waals surface area contributed by atoms with Crippen LogP contribution in [0.25, 0.3) is 6.08 Å². The summed E-state index contributed by atoms with van der Waals surface area (Å²) in [4.78, 5) is 11.8. The Labute approximate surface area is 172 Å². The number of carbonyl (C=O) groups excluding carboxylic acids is 1. The maximum Gasteiger partial charge on any atom is 0.348 e. The molecule has 0 bridgehead atoms. The predicted octanol–water partition coefficient (Wildman–Crippen LogP) is 5.04. The van der Waals surface area contributed by atoms with Gasteiger partial charge in [-0.1, -0.05) is 39.0 Å². The second-order valence-electron chi connectivity index (χ2n) is 7.52. The monoisotopic (exact) mass is 393 g/mol. The van der Waals surface area contributed by atoms with Crippen molar-refractivity contribution < 1.29 is 19.0 Å². The van der Waals surface area contributed by atoms with E-state index in [4.69, 9.17) is 14.2 Å². The highest BCUT2D eigenvalue weighted by molar-refractivity contribution is 5.97. The number of benzene rings is 2. The number of nitriles is 1. The molecule has 0 aromatic heterocycles. The molecule has 0 aliphatic rings. The molecule has 0 N–H and O–H groups in total. The molecule has 2 aromatic carbocycles. The zero-order valence-corrected chi connectivity index (χ0v) is 17.6. The van der Waals surface area contributed by atoms with Crippen LogP contribution < -0.4 is 9.47 Å². The van der Waals surface area contributed by atoms with Crippen molar-refractivity contribution >= 4 is 12.0 Å². The first kappa shape index (κ1) is 22.0. The number of esters is 1. The summed E-state index contributed by atoms with van der Waals surface area (Å²) in [5.74, 6) is 0.788. The zero-order chi connectivity index (χ0) is 21.4. The van der Waals surface area contributed by atoms with Crippen LogP contribution in [0.3, 0.4) is 0 Å². The Morgan fingerprint density at radius 1 is 1.14 bits per heavy atom. The first-order valence-corrected chi connectivity index (χ1v) is 9.47. The van der Waals surface area contributed by atoms with Gasteiger partial charge in [-0.05, 0) is 53.8 Å². The van der Waals surface area contributed by atoms with Crippen molar-refractivity contribution in [2.24, 2.45) is 0 Å². The Hall–Kier alpha value is -3.26. The van der Waals surface area contributed by atoms with Gasteiger partial charge in [0.25, 0.3) is 0 Å². The third kappa shape index (κ3) is 6.11. The van der Waals surface area contributed by atoms with Gasteiger partial charge in [-0.2, -0.15) is 5.26 Å². The molecular weight excluding hydrogens is 366 g/mol. The van der Waals surface area contributed by atoms with Gasteiger partial charge in [-0.3, -0.25) is 0 Å². The van der Waals surface area contributed by atoms with Crippen molar-refractivity contribution in [3.05, 3.63) is 64.7 Å². The van der Waals surface area contributed by atoms with Crippen molar-refractivity contribution in [2.75, 3.05) is 13.7 Å². The van der Waals surface area contributed by atoms with E-state index in [2.05, 4.69) is 32.9 Å². The van der Waals surface area contributed by atoms with E-state index < -0.39 is 5.97 Å². The maximum atomic E-state index is 11.8. The molecular formula is C24H27NO4. The third-order valence-electron chi connectivity index (χ3n) is 4.35. The van der Waals surface area contributed by atoms with Gasteiger partial charge in [-0.25, -0.2) is 4.79 Å². The first-order chi connectivity index (χ1) is 13.8. The predicted molar refractivity (Wildman–Crippen MR) is 113 cm³/mol. The van der Waals surface area contributed by atoms with Crippen LogP contribution in [0.15, 0.2) is 48.0 Å². The van der Waals surface area contributed by atoms with Gasteiger partial charge in [0, 0.05) is 5.56 Å². The Kier molecular flexibility index (Phi) is 7.44. The molecule has 29 heavy (non-hydrogen) atoms. The average molecular weight is 393 g/mol. The van der Waals surface area contributed by atoms with Crippen LogP contribution in [0.4, 0.5) is 0 Å². The van der Waals surface area contributed by atoms with Gasteiger partial charge in [0.05, 0.1) is 13.7 Å². The Morgan fingerprint density at radius 2 is 1.83 bits per heavy atom. The Morgan fingerprint density at radius 3 is 2.38 bits per heavy atom. The minimum atomic E-state index is -0.637. The fourth-order valence-corrected chi connectivity index (χ4v) is 2.73. The van der Waals surface area contributed by atoms with Gasteiger partial charge in [0.1, 0.15) is 29.7 Å². The largest absolute Gasteiger partial charge is 0.496 e.